The SMILES string of the molecule is C[C@@](O)(c1cc(F)c2c(c1)C(=O)N([C@@H](CC(=O)OF)c1ccc(Cl)cc1)C2(O)c1ccc(Cl)cc1)C1CCOCC1. The van der Waals surface area contributed by atoms with Crippen LogP contribution in [0, 0.1) is 11.7 Å². The lowest BCUT2D eigenvalue weighted by Gasteiger charge is -2.40. The normalized spacial score (nSPS) is 21.3. The van der Waals surface area contributed by atoms with Gasteiger partial charge in [0.25, 0.3) is 5.91 Å². The summed E-state index contributed by atoms with van der Waals surface area (Å²) < 4.78 is 34.6. The fourth-order valence-corrected chi connectivity index (χ4v) is 6.13. The maximum atomic E-state index is 16.2. The molecule has 1 saturated heterocycles. The van der Waals surface area contributed by atoms with Crippen LogP contribution >= 0.6 is 23.2 Å². The summed E-state index contributed by atoms with van der Waals surface area (Å²) in [5.74, 6) is -3.36. The summed E-state index contributed by atoms with van der Waals surface area (Å²) >= 11 is 12.1. The highest BCUT2D eigenvalue weighted by Gasteiger charge is 2.55. The molecule has 41 heavy (non-hydrogen) atoms. The van der Waals surface area contributed by atoms with Gasteiger partial charge in [-0.3, -0.25) is 14.6 Å². The van der Waals surface area contributed by atoms with Crippen molar-refractivity contribution in [3.63, 3.8) is 0 Å². The largest absolute Gasteiger partial charge is 0.385 e. The monoisotopic (exact) mass is 605 g/mol. The Morgan fingerprint density at radius 1 is 1.12 bits per heavy atom. The first kappa shape index (κ1) is 29.4. The molecule has 1 unspecified atom stereocenters. The molecule has 3 aromatic rings. The van der Waals surface area contributed by atoms with Crippen molar-refractivity contribution in [2.75, 3.05) is 13.2 Å². The maximum absolute atomic E-state index is 16.2. The second-order valence-corrected chi connectivity index (χ2v) is 11.4. The van der Waals surface area contributed by atoms with Gasteiger partial charge in [0.05, 0.1) is 29.2 Å². The molecule has 2 aliphatic rings. The molecule has 2 N–H and O–H groups in total. The Kier molecular flexibility index (Phi) is 8.11. The van der Waals surface area contributed by atoms with Gasteiger partial charge in [-0.1, -0.05) is 47.5 Å². The van der Waals surface area contributed by atoms with Crippen LogP contribution in [0.15, 0.2) is 60.7 Å². The molecule has 7 nitrogen and oxygen atoms in total. The van der Waals surface area contributed by atoms with Crippen molar-refractivity contribution < 1.29 is 38.4 Å². The number of benzene rings is 3. The molecular formula is C30H27Cl2F2NO6. The molecule has 1 amide bonds. The molecule has 3 aromatic carbocycles. The first-order valence-electron chi connectivity index (χ1n) is 13.0. The van der Waals surface area contributed by atoms with Crippen LogP contribution < -0.4 is 0 Å². The molecular weight excluding hydrogens is 579 g/mol. The zero-order chi connectivity index (χ0) is 29.5. The molecule has 0 saturated carbocycles. The topological polar surface area (TPSA) is 96.3 Å². The lowest BCUT2D eigenvalue weighted by molar-refractivity contribution is -0.186. The van der Waals surface area contributed by atoms with E-state index in [1.807, 2.05) is 0 Å². The van der Waals surface area contributed by atoms with Crippen LogP contribution in [0.3, 0.4) is 0 Å². The van der Waals surface area contributed by atoms with Gasteiger partial charge < -0.3 is 14.9 Å². The van der Waals surface area contributed by atoms with Crippen LogP contribution in [0.25, 0.3) is 0 Å². The van der Waals surface area contributed by atoms with E-state index in [1.54, 1.807) is 6.92 Å². The van der Waals surface area contributed by atoms with Crippen LogP contribution in [-0.4, -0.2) is 40.2 Å². The lowest BCUT2D eigenvalue weighted by atomic mass is 9.77. The molecule has 3 atom stereocenters. The molecule has 0 aromatic heterocycles. The number of ether oxygens (including phenoxy) is 1. The number of hydrogen-bond donors (Lipinski definition) is 2. The van der Waals surface area contributed by atoms with Gasteiger partial charge in [0.1, 0.15) is 5.82 Å². The zero-order valence-electron chi connectivity index (χ0n) is 22.0. The van der Waals surface area contributed by atoms with Crippen molar-refractivity contribution in [2.45, 2.75) is 43.6 Å². The predicted octanol–water partition coefficient (Wildman–Crippen LogP) is 5.97. The van der Waals surface area contributed by atoms with Gasteiger partial charge in [-0.05, 0) is 73.2 Å². The van der Waals surface area contributed by atoms with Crippen LogP contribution in [0.5, 0.6) is 0 Å². The van der Waals surface area contributed by atoms with Gasteiger partial charge in [-0.2, -0.15) is 0 Å². The molecule has 2 heterocycles. The second-order valence-electron chi connectivity index (χ2n) is 10.5. The van der Waals surface area contributed by atoms with E-state index >= 15 is 4.39 Å². The van der Waals surface area contributed by atoms with Gasteiger partial charge >= 0.3 is 5.97 Å². The van der Waals surface area contributed by atoms with E-state index in [0.29, 0.717) is 41.7 Å². The summed E-state index contributed by atoms with van der Waals surface area (Å²) in [5, 5.41) is 24.6. The Morgan fingerprint density at radius 2 is 1.71 bits per heavy atom. The second kappa shape index (κ2) is 11.3. The van der Waals surface area contributed by atoms with E-state index in [1.165, 1.54) is 54.6 Å². The standard InChI is InChI=1S/C30H27Cl2F2NO6/c1-29(38,18-10-12-40-13-11-18)20-14-23-27(24(33)15-20)30(39,19-4-8-22(32)9-5-19)35(28(23)37)25(16-26(36)41-34)17-2-6-21(31)7-3-17/h2-9,14-15,18,25,38-39H,10-13,16H2,1H3/t25-,29-,30?/m0/s1. The van der Waals surface area contributed by atoms with E-state index in [4.69, 9.17) is 27.9 Å². The fourth-order valence-electron chi connectivity index (χ4n) is 5.88. The maximum Gasteiger partial charge on any atom is 0.351 e. The summed E-state index contributed by atoms with van der Waals surface area (Å²) in [7, 11) is 0. The van der Waals surface area contributed by atoms with Crippen molar-refractivity contribution in [1.29, 1.82) is 0 Å². The van der Waals surface area contributed by atoms with E-state index in [9.17, 15) is 24.3 Å². The van der Waals surface area contributed by atoms with Gasteiger partial charge in [0.15, 0.2) is 5.72 Å². The van der Waals surface area contributed by atoms with Crippen LogP contribution in [0.2, 0.25) is 10.0 Å². The van der Waals surface area contributed by atoms with Gasteiger partial charge in [-0.25, -0.2) is 9.18 Å². The van der Waals surface area contributed by atoms with Crippen LogP contribution in [-0.2, 0) is 25.8 Å². The Balaban J connectivity index is 1.72. The Hall–Kier alpha value is -3.08. The highest BCUT2D eigenvalue weighted by atomic mass is 35.5. The number of halogens is 4. The Morgan fingerprint density at radius 3 is 2.29 bits per heavy atom. The summed E-state index contributed by atoms with van der Waals surface area (Å²) in [6, 6.07) is 13.0. The number of aliphatic hydroxyl groups is 2. The number of rotatable bonds is 7. The molecule has 5 rings (SSSR count). The molecule has 0 aliphatic carbocycles. The smallest absolute Gasteiger partial charge is 0.351 e. The predicted molar refractivity (Wildman–Crippen MR) is 146 cm³/mol. The number of carbonyl (C=O) groups excluding carboxylic acids is 2. The summed E-state index contributed by atoms with van der Waals surface area (Å²) in [6.45, 7) is 2.43. The van der Waals surface area contributed by atoms with Gasteiger partial charge in [0, 0.05) is 33.3 Å². The highest BCUT2D eigenvalue weighted by molar-refractivity contribution is 6.30. The van der Waals surface area contributed by atoms with Crippen molar-refractivity contribution in [3.05, 3.63) is 104 Å². The molecule has 216 valence electrons. The third-order valence-electron chi connectivity index (χ3n) is 8.10. The van der Waals surface area contributed by atoms with Crippen molar-refractivity contribution in [3.8, 4) is 0 Å². The van der Waals surface area contributed by atoms with Gasteiger partial charge in [-0.15, -0.1) is 0 Å². The Labute approximate surface area is 245 Å². The number of carbonyl (C=O) groups is 2. The number of fused-ring (bicyclic) bond motifs is 1. The van der Waals surface area contributed by atoms with Gasteiger partial charge in [0.2, 0.25) is 0 Å². The molecule has 11 heteroatoms. The minimum atomic E-state index is -2.45. The minimum Gasteiger partial charge on any atom is -0.385 e. The average molecular weight is 606 g/mol. The molecule has 1 fully saturated rings. The van der Waals surface area contributed by atoms with Crippen LogP contribution in [0.1, 0.15) is 64.8 Å². The molecule has 0 bridgehead atoms. The van der Waals surface area contributed by atoms with Crippen molar-refractivity contribution >= 4 is 35.1 Å². The summed E-state index contributed by atoms with van der Waals surface area (Å²) in [5.41, 5.74) is -4.01. The van der Waals surface area contributed by atoms with E-state index < -0.39 is 41.5 Å². The number of hydrogen-bond acceptors (Lipinski definition) is 6. The zero-order valence-corrected chi connectivity index (χ0v) is 23.5. The first-order chi connectivity index (χ1) is 19.5. The minimum absolute atomic E-state index is 0.0735. The summed E-state index contributed by atoms with van der Waals surface area (Å²) in [6.07, 6.45) is 0.358. The molecule has 0 radical (unpaired) electrons. The molecule has 0 spiro atoms. The number of amides is 1. The fraction of sp³-hybridized carbons (Fsp3) is 0.333. The highest BCUT2D eigenvalue weighted by Crippen LogP contribution is 2.50. The van der Waals surface area contributed by atoms with E-state index in [0.717, 1.165) is 11.0 Å². The average Bonchev–Trinajstić information content (AvgIpc) is 3.20. The Bertz CT molecular complexity index is 1460. The quantitative estimate of drug-likeness (QED) is 0.344. The lowest BCUT2D eigenvalue weighted by Crippen LogP contribution is -2.47. The summed E-state index contributed by atoms with van der Waals surface area (Å²) in [4.78, 5) is 30.8. The molecule has 2 aliphatic heterocycles. The third kappa shape index (κ3) is 5.21. The first-order valence-corrected chi connectivity index (χ1v) is 13.8. The van der Waals surface area contributed by atoms with Crippen molar-refractivity contribution in [1.82, 2.24) is 4.90 Å². The third-order valence-corrected chi connectivity index (χ3v) is 8.60. The number of nitrogens with zero attached hydrogens (tertiary/aromatic N) is 1. The van der Waals surface area contributed by atoms with Crippen LogP contribution in [0.4, 0.5) is 8.92 Å². The van der Waals surface area contributed by atoms with Crippen molar-refractivity contribution in [2.24, 2.45) is 5.92 Å². The van der Waals surface area contributed by atoms with E-state index in [-0.39, 0.29) is 28.2 Å². The van der Waals surface area contributed by atoms with E-state index in [2.05, 4.69) is 4.94 Å².